The van der Waals surface area contributed by atoms with Crippen molar-refractivity contribution >= 4 is 5.78 Å². The Bertz CT molecular complexity index is 454. The first kappa shape index (κ1) is 15.0. The Labute approximate surface area is 116 Å². The lowest BCUT2D eigenvalue weighted by Crippen LogP contribution is -2.48. The van der Waals surface area contributed by atoms with Gasteiger partial charge in [0.25, 0.3) is 0 Å². The molecule has 1 aliphatic rings. The molecule has 20 heavy (non-hydrogen) atoms. The summed E-state index contributed by atoms with van der Waals surface area (Å²) in [4.78, 5) is 16.0. The van der Waals surface area contributed by atoms with Gasteiger partial charge in [0.2, 0.25) is 0 Å². The fraction of sp³-hybridized carbons (Fsp3) is 0.500. The van der Waals surface area contributed by atoms with Gasteiger partial charge >= 0.3 is 0 Å². The van der Waals surface area contributed by atoms with Crippen molar-refractivity contribution in [3.05, 3.63) is 35.4 Å². The zero-order valence-electron chi connectivity index (χ0n) is 11.2. The monoisotopic (exact) mass is 284 g/mol. The molecule has 0 radical (unpaired) electrons. The zero-order valence-corrected chi connectivity index (χ0v) is 11.2. The van der Waals surface area contributed by atoms with Crippen molar-refractivity contribution in [1.82, 2.24) is 9.80 Å². The largest absolute Gasteiger partial charge is 0.395 e. The van der Waals surface area contributed by atoms with E-state index in [1.165, 1.54) is 6.07 Å². The number of halogens is 2. The van der Waals surface area contributed by atoms with E-state index in [1.54, 1.807) is 0 Å². The number of Topliss-reactive ketones (excluding diaryl/α,β-unsaturated/α-hetero) is 1. The van der Waals surface area contributed by atoms with E-state index < -0.39 is 23.0 Å². The topological polar surface area (TPSA) is 43.8 Å². The smallest absolute Gasteiger partial charge is 0.182 e. The summed E-state index contributed by atoms with van der Waals surface area (Å²) < 4.78 is 27.0. The standard InChI is InChI=1S/C14H18F2N2O2/c15-11-2-1-3-12(16)14(11)13(20)10-18-6-4-17(5-7-18)8-9-19/h1-3,19H,4-10H2. The molecular weight excluding hydrogens is 266 g/mol. The molecule has 1 fully saturated rings. The van der Waals surface area contributed by atoms with Gasteiger partial charge in [0, 0.05) is 32.7 Å². The second kappa shape index (κ2) is 6.88. The fourth-order valence-electron chi connectivity index (χ4n) is 2.36. The Morgan fingerprint density at radius 3 is 2.20 bits per heavy atom. The molecule has 2 rings (SSSR count). The highest BCUT2D eigenvalue weighted by atomic mass is 19.1. The van der Waals surface area contributed by atoms with Crippen LogP contribution < -0.4 is 0 Å². The lowest BCUT2D eigenvalue weighted by atomic mass is 10.1. The van der Waals surface area contributed by atoms with Crippen LogP contribution in [0.4, 0.5) is 8.78 Å². The van der Waals surface area contributed by atoms with Crippen molar-refractivity contribution in [1.29, 1.82) is 0 Å². The van der Waals surface area contributed by atoms with Gasteiger partial charge in [0.1, 0.15) is 11.6 Å². The Morgan fingerprint density at radius 2 is 1.65 bits per heavy atom. The van der Waals surface area contributed by atoms with Crippen LogP contribution in [-0.4, -0.2) is 66.6 Å². The molecule has 1 heterocycles. The molecule has 4 nitrogen and oxygen atoms in total. The molecule has 0 saturated carbocycles. The summed E-state index contributed by atoms with van der Waals surface area (Å²) in [5, 5.41) is 8.85. The average Bonchev–Trinajstić information content (AvgIpc) is 2.41. The number of hydrogen-bond donors (Lipinski definition) is 1. The molecule has 0 bridgehead atoms. The van der Waals surface area contributed by atoms with Gasteiger partial charge in [-0.25, -0.2) is 8.78 Å². The van der Waals surface area contributed by atoms with Gasteiger partial charge < -0.3 is 5.11 Å². The van der Waals surface area contributed by atoms with Gasteiger partial charge in [-0.3, -0.25) is 14.6 Å². The molecule has 1 aliphatic heterocycles. The number of β-amino-alcohol motifs (C(OH)–C–C–N with tert-alkyl or cyclic N) is 1. The summed E-state index contributed by atoms with van der Waals surface area (Å²) in [6.45, 7) is 3.54. The van der Waals surface area contributed by atoms with Crippen molar-refractivity contribution in [2.24, 2.45) is 0 Å². The number of nitrogens with zero attached hydrogens (tertiary/aromatic N) is 2. The lowest BCUT2D eigenvalue weighted by Gasteiger charge is -2.33. The van der Waals surface area contributed by atoms with Crippen LogP contribution in [0.3, 0.4) is 0 Å². The lowest BCUT2D eigenvalue weighted by molar-refractivity contribution is 0.0815. The minimum Gasteiger partial charge on any atom is -0.395 e. The summed E-state index contributed by atoms with van der Waals surface area (Å²) in [5.74, 6) is -2.15. The molecule has 0 aliphatic carbocycles. The molecule has 1 aromatic carbocycles. The third-order valence-electron chi connectivity index (χ3n) is 3.49. The first-order chi connectivity index (χ1) is 9.61. The summed E-state index contributed by atoms with van der Waals surface area (Å²) in [7, 11) is 0. The first-order valence-corrected chi connectivity index (χ1v) is 6.64. The molecule has 0 amide bonds. The van der Waals surface area contributed by atoms with E-state index in [1.807, 2.05) is 4.90 Å². The van der Waals surface area contributed by atoms with Crippen LogP contribution in [0.25, 0.3) is 0 Å². The number of aliphatic hydroxyl groups is 1. The van der Waals surface area contributed by atoms with Crippen molar-refractivity contribution in [2.45, 2.75) is 0 Å². The number of benzene rings is 1. The summed E-state index contributed by atoms with van der Waals surface area (Å²) in [6.07, 6.45) is 0. The third-order valence-corrected chi connectivity index (χ3v) is 3.49. The zero-order chi connectivity index (χ0) is 14.5. The van der Waals surface area contributed by atoms with Gasteiger partial charge in [0.05, 0.1) is 18.7 Å². The molecule has 110 valence electrons. The van der Waals surface area contributed by atoms with E-state index in [0.717, 1.165) is 25.2 Å². The predicted molar refractivity (Wildman–Crippen MR) is 70.7 cm³/mol. The van der Waals surface area contributed by atoms with E-state index in [0.29, 0.717) is 19.6 Å². The highest BCUT2D eigenvalue weighted by molar-refractivity contribution is 5.98. The quantitative estimate of drug-likeness (QED) is 0.811. The van der Waals surface area contributed by atoms with E-state index >= 15 is 0 Å². The highest BCUT2D eigenvalue weighted by Gasteiger charge is 2.22. The molecule has 0 spiro atoms. The summed E-state index contributed by atoms with van der Waals surface area (Å²) >= 11 is 0. The second-order valence-electron chi connectivity index (χ2n) is 4.86. The van der Waals surface area contributed by atoms with Crippen molar-refractivity contribution in [3.8, 4) is 0 Å². The van der Waals surface area contributed by atoms with Gasteiger partial charge in [-0.15, -0.1) is 0 Å². The summed E-state index contributed by atoms with van der Waals surface area (Å²) in [6, 6.07) is 3.43. The number of carbonyl (C=O) groups excluding carboxylic acids is 1. The highest BCUT2D eigenvalue weighted by Crippen LogP contribution is 2.14. The Hall–Kier alpha value is -1.37. The van der Waals surface area contributed by atoms with E-state index in [4.69, 9.17) is 5.11 Å². The number of carbonyl (C=O) groups is 1. The van der Waals surface area contributed by atoms with Crippen LogP contribution in [0.2, 0.25) is 0 Å². The second-order valence-corrected chi connectivity index (χ2v) is 4.86. The SMILES string of the molecule is O=C(CN1CCN(CCO)CC1)c1c(F)cccc1F. The van der Waals surface area contributed by atoms with Crippen LogP contribution in [0, 0.1) is 11.6 Å². The maximum Gasteiger partial charge on any atom is 0.182 e. The number of rotatable bonds is 5. The van der Waals surface area contributed by atoms with Gasteiger partial charge in [-0.1, -0.05) is 6.07 Å². The third kappa shape index (κ3) is 3.59. The fourth-order valence-corrected chi connectivity index (χ4v) is 2.36. The van der Waals surface area contributed by atoms with E-state index in [2.05, 4.69) is 4.90 Å². The molecule has 0 aromatic heterocycles. The van der Waals surface area contributed by atoms with E-state index in [-0.39, 0.29) is 13.2 Å². The Morgan fingerprint density at radius 1 is 1.10 bits per heavy atom. The molecule has 0 atom stereocenters. The molecule has 6 heteroatoms. The van der Waals surface area contributed by atoms with Crippen LogP contribution in [-0.2, 0) is 0 Å². The molecule has 1 N–H and O–H groups in total. The van der Waals surface area contributed by atoms with Crippen molar-refractivity contribution < 1.29 is 18.7 Å². The number of hydrogen-bond acceptors (Lipinski definition) is 4. The normalized spacial score (nSPS) is 17.4. The van der Waals surface area contributed by atoms with E-state index in [9.17, 15) is 13.6 Å². The van der Waals surface area contributed by atoms with Crippen LogP contribution in [0.5, 0.6) is 0 Å². The van der Waals surface area contributed by atoms with Gasteiger partial charge in [0.15, 0.2) is 5.78 Å². The van der Waals surface area contributed by atoms with Crippen LogP contribution >= 0.6 is 0 Å². The number of ketones is 1. The molecule has 1 saturated heterocycles. The molecule has 0 unspecified atom stereocenters. The Kier molecular flexibility index (Phi) is 5.17. The first-order valence-electron chi connectivity index (χ1n) is 6.64. The minimum absolute atomic E-state index is 0.0187. The Balaban J connectivity index is 1.93. The van der Waals surface area contributed by atoms with Crippen LogP contribution in [0.1, 0.15) is 10.4 Å². The predicted octanol–water partition coefficient (Wildman–Crippen LogP) is 0.757. The molecular formula is C14H18F2N2O2. The van der Waals surface area contributed by atoms with Crippen molar-refractivity contribution in [3.63, 3.8) is 0 Å². The minimum atomic E-state index is -0.811. The van der Waals surface area contributed by atoms with Crippen molar-refractivity contribution in [2.75, 3.05) is 45.9 Å². The van der Waals surface area contributed by atoms with Gasteiger partial charge in [-0.05, 0) is 12.1 Å². The van der Waals surface area contributed by atoms with Crippen LogP contribution in [0.15, 0.2) is 18.2 Å². The summed E-state index contributed by atoms with van der Waals surface area (Å²) in [5.41, 5.74) is -0.453. The van der Waals surface area contributed by atoms with Gasteiger partial charge in [-0.2, -0.15) is 0 Å². The number of aliphatic hydroxyl groups excluding tert-OH is 1. The maximum absolute atomic E-state index is 13.5. The maximum atomic E-state index is 13.5. The number of piperazine rings is 1. The molecule has 1 aromatic rings. The average molecular weight is 284 g/mol.